The van der Waals surface area contributed by atoms with E-state index in [2.05, 4.69) is 37.3 Å². The lowest BCUT2D eigenvalue weighted by atomic mass is 10.0. The molecule has 0 bridgehead atoms. The van der Waals surface area contributed by atoms with Crippen LogP contribution in [0.1, 0.15) is 52.1 Å². The number of rotatable bonds is 6. The molecule has 1 N–H and O–H groups in total. The second-order valence-electron chi connectivity index (χ2n) is 9.67. The lowest BCUT2D eigenvalue weighted by Crippen LogP contribution is -2.55. The van der Waals surface area contributed by atoms with Gasteiger partial charge in [-0.1, -0.05) is 36.4 Å². The minimum Gasteiger partial charge on any atom is -0.366 e. The van der Waals surface area contributed by atoms with Gasteiger partial charge >= 0.3 is 0 Å². The molecule has 1 aliphatic carbocycles. The van der Waals surface area contributed by atoms with E-state index in [-0.39, 0.29) is 18.0 Å². The number of morpholine rings is 1. The quantitative estimate of drug-likeness (QED) is 0.714. The predicted molar refractivity (Wildman–Crippen MR) is 120 cm³/mol. The highest BCUT2D eigenvalue weighted by Crippen LogP contribution is 2.36. The summed E-state index contributed by atoms with van der Waals surface area (Å²) in [6, 6.07) is 14.9. The molecule has 3 atom stereocenters. The molecule has 2 aliphatic rings. The van der Waals surface area contributed by atoms with E-state index < -0.39 is 18.1 Å². The maximum absolute atomic E-state index is 13.6. The van der Waals surface area contributed by atoms with Gasteiger partial charge in [0.25, 0.3) is 5.91 Å². The monoisotopic (exact) mass is 426 g/mol. The minimum absolute atomic E-state index is 0.00387. The first kappa shape index (κ1) is 22.2. The van der Waals surface area contributed by atoms with Gasteiger partial charge in [-0.15, -0.1) is 0 Å². The largest absolute Gasteiger partial charge is 0.366 e. The molecule has 2 aromatic carbocycles. The molecule has 31 heavy (non-hydrogen) atoms. The molecule has 1 aliphatic heterocycles. The second-order valence-corrected chi connectivity index (χ2v) is 9.67. The van der Waals surface area contributed by atoms with Gasteiger partial charge in [-0.05, 0) is 62.9 Å². The van der Waals surface area contributed by atoms with Crippen molar-refractivity contribution in [1.82, 2.24) is 9.80 Å². The molecule has 2 unspecified atom stereocenters. The Labute approximate surface area is 184 Å². The van der Waals surface area contributed by atoms with Crippen LogP contribution >= 0.6 is 0 Å². The van der Waals surface area contributed by atoms with Crippen LogP contribution in [0.2, 0.25) is 0 Å². The summed E-state index contributed by atoms with van der Waals surface area (Å²) in [4.78, 5) is 17.3. The minimum atomic E-state index is -1.05. The van der Waals surface area contributed by atoms with E-state index in [1.807, 2.05) is 37.8 Å². The van der Waals surface area contributed by atoms with E-state index in [1.165, 1.54) is 10.8 Å². The van der Waals surface area contributed by atoms with Crippen LogP contribution in [0.4, 0.5) is 0 Å². The summed E-state index contributed by atoms with van der Waals surface area (Å²) < 4.78 is 11.6. The van der Waals surface area contributed by atoms with Crippen molar-refractivity contribution in [3.63, 3.8) is 0 Å². The number of aliphatic hydroxyl groups excluding tert-OH is 1. The fourth-order valence-electron chi connectivity index (χ4n) is 4.24. The molecule has 4 rings (SSSR count). The molecule has 0 aromatic heterocycles. The standard InChI is InChI=1S/C25H34N2O4/c1-17(19-10-9-18-7-5-6-8-20(18)15-19)27(21-11-12-21)23(28)22-16-26(13-14-30-22)24(29)31-25(2,3)4/h5-10,15,17,21-22,24,29H,11-14,16H2,1-4H3/t17?,22-,24?/m1/s1. The SMILES string of the molecule is CC(c1ccc2ccccc2c1)N(C(=O)[C@H]1CN(C(O)OC(C)(C)C)CCO1)C1CC1. The van der Waals surface area contributed by atoms with Crippen LogP contribution in [0.25, 0.3) is 10.8 Å². The molecule has 0 radical (unpaired) electrons. The van der Waals surface area contributed by atoms with E-state index in [9.17, 15) is 9.90 Å². The molecule has 1 heterocycles. The maximum Gasteiger partial charge on any atom is 0.253 e. The van der Waals surface area contributed by atoms with Gasteiger partial charge in [0.15, 0.2) is 0 Å². The lowest BCUT2D eigenvalue weighted by Gasteiger charge is -2.40. The van der Waals surface area contributed by atoms with Gasteiger partial charge in [-0.3, -0.25) is 4.79 Å². The average molecular weight is 427 g/mol. The van der Waals surface area contributed by atoms with Crippen molar-refractivity contribution in [2.75, 3.05) is 19.7 Å². The van der Waals surface area contributed by atoms with Crippen LogP contribution in [0, 0.1) is 0 Å². The number of hydrogen-bond donors (Lipinski definition) is 1. The van der Waals surface area contributed by atoms with Gasteiger partial charge in [-0.2, -0.15) is 0 Å². The normalized spacial score (nSPS) is 22.3. The van der Waals surface area contributed by atoms with Crippen LogP contribution in [0.15, 0.2) is 42.5 Å². The van der Waals surface area contributed by atoms with Gasteiger partial charge in [0.1, 0.15) is 6.10 Å². The molecule has 2 fully saturated rings. The van der Waals surface area contributed by atoms with Crippen LogP contribution in [-0.4, -0.2) is 64.7 Å². The van der Waals surface area contributed by atoms with Gasteiger partial charge < -0.3 is 19.5 Å². The number of fused-ring (bicyclic) bond motifs is 1. The summed E-state index contributed by atoms with van der Waals surface area (Å²) >= 11 is 0. The van der Waals surface area contributed by atoms with Gasteiger partial charge in [0.05, 0.1) is 18.2 Å². The average Bonchev–Trinajstić information content (AvgIpc) is 3.57. The first-order valence-corrected chi connectivity index (χ1v) is 11.3. The Kier molecular flexibility index (Phi) is 6.35. The third kappa shape index (κ3) is 5.26. The van der Waals surface area contributed by atoms with Crippen molar-refractivity contribution in [3.8, 4) is 0 Å². The summed E-state index contributed by atoms with van der Waals surface area (Å²) in [5.74, 6) is -0.00387. The van der Waals surface area contributed by atoms with E-state index in [4.69, 9.17) is 9.47 Å². The van der Waals surface area contributed by atoms with Crippen molar-refractivity contribution in [2.24, 2.45) is 0 Å². The first-order chi connectivity index (χ1) is 14.7. The number of hydrogen-bond acceptors (Lipinski definition) is 5. The topological polar surface area (TPSA) is 62.2 Å². The van der Waals surface area contributed by atoms with Crippen LogP contribution < -0.4 is 0 Å². The molecule has 0 spiro atoms. The summed E-state index contributed by atoms with van der Waals surface area (Å²) in [6.45, 7) is 9.05. The molecule has 6 nitrogen and oxygen atoms in total. The third-order valence-corrected chi connectivity index (χ3v) is 6.01. The predicted octanol–water partition coefficient (Wildman–Crippen LogP) is 3.68. The van der Waals surface area contributed by atoms with Crippen LogP contribution in [0.3, 0.4) is 0 Å². The molecule has 1 saturated heterocycles. The highest BCUT2D eigenvalue weighted by molar-refractivity contribution is 5.84. The van der Waals surface area contributed by atoms with Crippen molar-refractivity contribution in [2.45, 2.75) is 70.7 Å². The molecular formula is C25H34N2O4. The smallest absolute Gasteiger partial charge is 0.253 e. The zero-order valence-corrected chi connectivity index (χ0v) is 19.0. The highest BCUT2D eigenvalue weighted by Gasteiger charge is 2.41. The fourth-order valence-corrected chi connectivity index (χ4v) is 4.24. The van der Waals surface area contributed by atoms with E-state index >= 15 is 0 Å². The Hall–Kier alpha value is -1.99. The zero-order valence-electron chi connectivity index (χ0n) is 19.0. The third-order valence-electron chi connectivity index (χ3n) is 6.01. The number of amides is 1. The summed E-state index contributed by atoms with van der Waals surface area (Å²) in [7, 11) is 0. The number of carbonyl (C=O) groups excluding carboxylic acids is 1. The Morgan fingerprint density at radius 2 is 1.90 bits per heavy atom. The summed E-state index contributed by atoms with van der Waals surface area (Å²) in [5.41, 5.74) is 0.657. The highest BCUT2D eigenvalue weighted by atomic mass is 16.6. The van der Waals surface area contributed by atoms with Crippen LogP contribution in [-0.2, 0) is 14.3 Å². The van der Waals surface area contributed by atoms with Crippen molar-refractivity contribution >= 4 is 16.7 Å². The molecule has 6 heteroatoms. The van der Waals surface area contributed by atoms with Crippen molar-refractivity contribution in [1.29, 1.82) is 0 Å². The molecule has 2 aromatic rings. The van der Waals surface area contributed by atoms with Crippen LogP contribution in [0.5, 0.6) is 0 Å². The van der Waals surface area contributed by atoms with E-state index in [1.54, 1.807) is 4.90 Å². The molecule has 1 amide bonds. The number of ether oxygens (including phenoxy) is 2. The van der Waals surface area contributed by atoms with Gasteiger partial charge in [-0.25, -0.2) is 4.90 Å². The summed E-state index contributed by atoms with van der Waals surface area (Å²) in [5, 5.41) is 12.9. The Bertz CT molecular complexity index is 921. The molecule has 1 saturated carbocycles. The molecular weight excluding hydrogens is 392 g/mol. The van der Waals surface area contributed by atoms with E-state index in [0.29, 0.717) is 19.7 Å². The number of aliphatic hydroxyl groups is 1. The Morgan fingerprint density at radius 3 is 2.58 bits per heavy atom. The number of carbonyl (C=O) groups is 1. The van der Waals surface area contributed by atoms with Gasteiger partial charge in [0, 0.05) is 19.1 Å². The lowest BCUT2D eigenvalue weighted by molar-refractivity contribution is -0.255. The van der Waals surface area contributed by atoms with Crippen molar-refractivity contribution in [3.05, 3.63) is 48.0 Å². The Morgan fingerprint density at radius 1 is 1.19 bits per heavy atom. The fraction of sp³-hybridized carbons (Fsp3) is 0.560. The first-order valence-electron chi connectivity index (χ1n) is 11.3. The van der Waals surface area contributed by atoms with E-state index in [0.717, 1.165) is 18.4 Å². The second kappa shape index (κ2) is 8.87. The maximum atomic E-state index is 13.6. The number of benzene rings is 2. The Balaban J connectivity index is 1.50. The number of nitrogens with zero attached hydrogens (tertiary/aromatic N) is 2. The van der Waals surface area contributed by atoms with Crippen molar-refractivity contribution < 1.29 is 19.4 Å². The molecule has 168 valence electrons. The zero-order chi connectivity index (χ0) is 22.2. The van der Waals surface area contributed by atoms with Gasteiger partial charge in [0.2, 0.25) is 6.41 Å². The summed E-state index contributed by atoms with van der Waals surface area (Å²) in [6.07, 6.45) is 0.396.